The molecule has 0 atom stereocenters. The lowest BCUT2D eigenvalue weighted by Crippen LogP contribution is -2.21. The summed E-state index contributed by atoms with van der Waals surface area (Å²) in [5.74, 6) is 1.08. The first kappa shape index (κ1) is 17.7. The Hall–Kier alpha value is -2.66. The first-order chi connectivity index (χ1) is 11.6. The Morgan fingerprint density at radius 1 is 1.25 bits per heavy atom. The van der Waals surface area contributed by atoms with E-state index in [9.17, 15) is 4.79 Å². The first-order valence-corrected chi connectivity index (χ1v) is 7.71. The van der Waals surface area contributed by atoms with Gasteiger partial charge in [-0.05, 0) is 30.3 Å². The van der Waals surface area contributed by atoms with Gasteiger partial charge in [-0.1, -0.05) is 30.3 Å². The maximum Gasteiger partial charge on any atom is 0.243 e. The summed E-state index contributed by atoms with van der Waals surface area (Å²) in [7, 11) is 1.55. The number of halogens is 1. The van der Waals surface area contributed by atoms with Crippen LogP contribution in [0.3, 0.4) is 0 Å². The molecule has 0 unspecified atom stereocenters. The highest BCUT2D eigenvalue weighted by Crippen LogP contribution is 2.27. The molecule has 2 N–H and O–H groups in total. The van der Waals surface area contributed by atoms with Gasteiger partial charge in [0.2, 0.25) is 5.91 Å². The maximum absolute atomic E-state index is 12.0. The smallest absolute Gasteiger partial charge is 0.243 e. The number of rotatable bonds is 8. The van der Waals surface area contributed by atoms with Crippen molar-refractivity contribution in [2.24, 2.45) is 0 Å². The molecule has 2 aromatic rings. The largest absolute Gasteiger partial charge is 0.495 e. The first-order valence-electron chi connectivity index (χ1n) is 7.33. The number of anilines is 2. The van der Waals surface area contributed by atoms with Gasteiger partial charge in [-0.2, -0.15) is 0 Å². The van der Waals surface area contributed by atoms with E-state index in [-0.39, 0.29) is 12.5 Å². The van der Waals surface area contributed by atoms with Crippen LogP contribution in [-0.2, 0) is 4.79 Å². The van der Waals surface area contributed by atoms with E-state index in [0.717, 1.165) is 5.69 Å². The topological polar surface area (TPSA) is 59.6 Å². The monoisotopic (exact) mass is 346 g/mol. The highest BCUT2D eigenvalue weighted by molar-refractivity contribution is 6.32. The number of nitrogens with one attached hydrogen (secondary N) is 2. The van der Waals surface area contributed by atoms with E-state index in [2.05, 4.69) is 17.2 Å². The Bertz CT molecular complexity index is 719. The minimum absolute atomic E-state index is 0.112. The van der Waals surface area contributed by atoms with E-state index < -0.39 is 0 Å². The molecule has 0 spiro atoms. The van der Waals surface area contributed by atoms with Crippen LogP contribution in [0.5, 0.6) is 11.5 Å². The predicted octanol–water partition coefficient (Wildman–Crippen LogP) is 3.96. The highest BCUT2D eigenvalue weighted by Gasteiger charge is 2.05. The molecule has 1 amide bonds. The Balaban J connectivity index is 1.89. The van der Waals surface area contributed by atoms with Crippen molar-refractivity contribution in [3.8, 4) is 11.5 Å². The van der Waals surface area contributed by atoms with Gasteiger partial charge in [-0.25, -0.2) is 0 Å². The lowest BCUT2D eigenvalue weighted by molar-refractivity contribution is -0.114. The van der Waals surface area contributed by atoms with Gasteiger partial charge >= 0.3 is 0 Å². The van der Waals surface area contributed by atoms with E-state index >= 15 is 0 Å². The molecule has 0 aliphatic rings. The molecule has 2 aromatic carbocycles. The summed E-state index contributed by atoms with van der Waals surface area (Å²) in [4.78, 5) is 12.0. The summed E-state index contributed by atoms with van der Waals surface area (Å²) < 4.78 is 10.5. The second-order valence-corrected chi connectivity index (χ2v) is 5.29. The van der Waals surface area contributed by atoms with Crippen molar-refractivity contribution in [3.63, 3.8) is 0 Å². The van der Waals surface area contributed by atoms with Crippen molar-refractivity contribution < 1.29 is 14.3 Å². The van der Waals surface area contributed by atoms with E-state index in [1.54, 1.807) is 43.5 Å². The molecular formula is C18H19ClN2O3. The second kappa shape index (κ2) is 8.84. The summed E-state index contributed by atoms with van der Waals surface area (Å²) >= 11 is 6.05. The summed E-state index contributed by atoms with van der Waals surface area (Å²) in [5.41, 5.74) is 1.40. The Morgan fingerprint density at radius 2 is 2.08 bits per heavy atom. The van der Waals surface area contributed by atoms with Crippen LogP contribution in [0.4, 0.5) is 11.4 Å². The van der Waals surface area contributed by atoms with Crippen molar-refractivity contribution in [2.45, 2.75) is 0 Å². The van der Waals surface area contributed by atoms with E-state index in [1.807, 2.05) is 12.1 Å². The van der Waals surface area contributed by atoms with Crippen LogP contribution in [0, 0.1) is 0 Å². The van der Waals surface area contributed by atoms with Gasteiger partial charge in [-0.3, -0.25) is 4.79 Å². The average Bonchev–Trinajstić information content (AvgIpc) is 2.58. The number of hydrogen-bond donors (Lipinski definition) is 2. The van der Waals surface area contributed by atoms with Gasteiger partial charge < -0.3 is 20.1 Å². The van der Waals surface area contributed by atoms with Gasteiger partial charge in [0.05, 0.1) is 18.7 Å². The van der Waals surface area contributed by atoms with Gasteiger partial charge in [0, 0.05) is 17.4 Å². The fourth-order valence-electron chi connectivity index (χ4n) is 1.98. The van der Waals surface area contributed by atoms with Gasteiger partial charge in [0.15, 0.2) is 0 Å². The minimum Gasteiger partial charge on any atom is -0.495 e. The van der Waals surface area contributed by atoms with Crippen molar-refractivity contribution in [3.05, 3.63) is 60.1 Å². The Kier molecular flexibility index (Phi) is 6.51. The molecule has 0 heterocycles. The number of carbonyl (C=O) groups is 1. The van der Waals surface area contributed by atoms with Gasteiger partial charge in [-0.15, -0.1) is 0 Å². The maximum atomic E-state index is 12.0. The second-order valence-electron chi connectivity index (χ2n) is 4.88. The number of ether oxygens (including phenoxy) is 2. The van der Waals surface area contributed by atoms with E-state index in [1.165, 1.54) is 0 Å². The molecule has 0 saturated heterocycles. The molecule has 6 heteroatoms. The van der Waals surface area contributed by atoms with Crippen LogP contribution in [0.2, 0.25) is 5.02 Å². The molecular weight excluding hydrogens is 328 g/mol. The number of hydrogen-bond acceptors (Lipinski definition) is 4. The standard InChI is InChI=1S/C18H19ClN2O3/c1-3-9-24-15-6-4-5-14(10-15)21-18(22)12-20-13-7-8-17(23-2)16(19)11-13/h3-8,10-11,20H,1,9,12H2,2H3,(H,21,22). The van der Waals surface area contributed by atoms with E-state index in [0.29, 0.717) is 28.8 Å². The number of methoxy groups -OCH3 is 1. The van der Waals surface area contributed by atoms with Crippen molar-refractivity contribution in [2.75, 3.05) is 30.9 Å². The van der Waals surface area contributed by atoms with Gasteiger partial charge in [0.25, 0.3) is 0 Å². The van der Waals surface area contributed by atoms with Crippen molar-refractivity contribution >= 4 is 28.9 Å². The van der Waals surface area contributed by atoms with Crippen LogP contribution >= 0.6 is 11.6 Å². The summed E-state index contributed by atoms with van der Waals surface area (Å²) in [5, 5.41) is 6.29. The molecule has 0 bridgehead atoms. The van der Waals surface area contributed by atoms with Crippen LogP contribution < -0.4 is 20.1 Å². The normalized spacial score (nSPS) is 9.92. The zero-order valence-corrected chi connectivity index (χ0v) is 14.1. The molecule has 126 valence electrons. The highest BCUT2D eigenvalue weighted by atomic mass is 35.5. The molecule has 0 aromatic heterocycles. The lowest BCUT2D eigenvalue weighted by atomic mass is 10.3. The van der Waals surface area contributed by atoms with Crippen LogP contribution in [0.25, 0.3) is 0 Å². The molecule has 0 aliphatic carbocycles. The minimum atomic E-state index is -0.178. The molecule has 24 heavy (non-hydrogen) atoms. The van der Waals surface area contributed by atoms with Crippen LogP contribution in [0.15, 0.2) is 55.1 Å². The SMILES string of the molecule is C=CCOc1cccc(NC(=O)CNc2ccc(OC)c(Cl)c2)c1. The Morgan fingerprint density at radius 3 is 2.79 bits per heavy atom. The fourth-order valence-corrected chi connectivity index (χ4v) is 2.24. The number of carbonyl (C=O) groups excluding carboxylic acids is 1. The van der Waals surface area contributed by atoms with E-state index in [4.69, 9.17) is 21.1 Å². The van der Waals surface area contributed by atoms with Gasteiger partial charge in [0.1, 0.15) is 18.1 Å². The third kappa shape index (κ3) is 5.21. The molecule has 2 rings (SSSR count). The fraction of sp³-hybridized carbons (Fsp3) is 0.167. The number of benzene rings is 2. The summed E-state index contributed by atoms with van der Waals surface area (Å²) in [6.07, 6.45) is 1.66. The molecule has 5 nitrogen and oxygen atoms in total. The van der Waals surface area contributed by atoms with Crippen molar-refractivity contribution in [1.82, 2.24) is 0 Å². The molecule has 0 radical (unpaired) electrons. The lowest BCUT2D eigenvalue weighted by Gasteiger charge is -2.10. The summed E-state index contributed by atoms with van der Waals surface area (Å²) in [6, 6.07) is 12.4. The van der Waals surface area contributed by atoms with Crippen LogP contribution in [0.1, 0.15) is 0 Å². The zero-order valence-electron chi connectivity index (χ0n) is 13.3. The third-order valence-electron chi connectivity index (χ3n) is 3.09. The number of amides is 1. The zero-order chi connectivity index (χ0) is 17.4. The van der Waals surface area contributed by atoms with Crippen molar-refractivity contribution in [1.29, 1.82) is 0 Å². The average molecular weight is 347 g/mol. The molecule has 0 fully saturated rings. The quantitative estimate of drug-likeness (QED) is 0.710. The molecule has 0 aliphatic heterocycles. The third-order valence-corrected chi connectivity index (χ3v) is 3.39. The summed E-state index contributed by atoms with van der Waals surface area (Å²) in [6.45, 7) is 4.12. The Labute approximate surface area is 146 Å². The van der Waals surface area contributed by atoms with Crippen LogP contribution in [-0.4, -0.2) is 26.2 Å². The predicted molar refractivity (Wildman–Crippen MR) is 97.3 cm³/mol. The molecule has 0 saturated carbocycles.